The summed E-state index contributed by atoms with van der Waals surface area (Å²) < 4.78 is 0. The molecule has 0 fully saturated rings. The van der Waals surface area contributed by atoms with E-state index < -0.39 is 0 Å². The first-order valence-electron chi connectivity index (χ1n) is 8.03. The van der Waals surface area contributed by atoms with Gasteiger partial charge in [-0.2, -0.15) is 0 Å². The molecule has 0 saturated heterocycles. The predicted molar refractivity (Wildman–Crippen MR) is 101 cm³/mol. The summed E-state index contributed by atoms with van der Waals surface area (Å²) in [6.45, 7) is 4.26. The number of pyridine rings is 2. The van der Waals surface area contributed by atoms with Crippen molar-refractivity contribution in [3.05, 3.63) is 77.2 Å². The second-order valence-corrected chi connectivity index (χ2v) is 6.40. The Morgan fingerprint density at radius 2 is 1.80 bits per heavy atom. The molecule has 4 nitrogen and oxygen atoms in total. The zero-order valence-corrected chi connectivity index (χ0v) is 14.8. The number of halogens is 1. The summed E-state index contributed by atoms with van der Waals surface area (Å²) in [7, 11) is 0. The van der Waals surface area contributed by atoms with E-state index in [9.17, 15) is 4.79 Å². The molecule has 2 heterocycles. The molecule has 0 aliphatic heterocycles. The van der Waals surface area contributed by atoms with Gasteiger partial charge in [0.1, 0.15) is 5.69 Å². The standard InChI is InChI=1S/C20H18ClN3O/c1-13(2)14-5-8-16(9-6-14)24-20(25)18-10-7-15(12-23-18)19-17(21)4-3-11-22-19/h3-13H,1-2H3,(H,24,25). The molecule has 1 aromatic carbocycles. The Balaban J connectivity index is 1.73. The van der Waals surface area contributed by atoms with Crippen molar-refractivity contribution in [1.82, 2.24) is 9.97 Å². The van der Waals surface area contributed by atoms with Gasteiger partial charge >= 0.3 is 0 Å². The molecule has 3 rings (SSSR count). The third-order valence-corrected chi connectivity index (χ3v) is 4.17. The van der Waals surface area contributed by atoms with Crippen LogP contribution in [0.5, 0.6) is 0 Å². The van der Waals surface area contributed by atoms with Crippen molar-refractivity contribution < 1.29 is 4.79 Å². The average molecular weight is 352 g/mol. The highest BCUT2D eigenvalue weighted by molar-refractivity contribution is 6.33. The van der Waals surface area contributed by atoms with Crippen LogP contribution in [0, 0.1) is 0 Å². The van der Waals surface area contributed by atoms with Gasteiger partial charge in [-0.05, 0) is 47.9 Å². The summed E-state index contributed by atoms with van der Waals surface area (Å²) in [5.74, 6) is 0.202. The highest BCUT2D eigenvalue weighted by Crippen LogP contribution is 2.24. The Morgan fingerprint density at radius 3 is 2.40 bits per heavy atom. The number of anilines is 1. The second-order valence-electron chi connectivity index (χ2n) is 6.00. The van der Waals surface area contributed by atoms with Crippen molar-refractivity contribution in [2.24, 2.45) is 0 Å². The number of carbonyl (C=O) groups is 1. The van der Waals surface area contributed by atoms with Gasteiger partial charge in [0, 0.05) is 23.6 Å². The quantitative estimate of drug-likeness (QED) is 0.705. The normalized spacial score (nSPS) is 10.7. The molecular weight excluding hydrogens is 334 g/mol. The van der Waals surface area contributed by atoms with E-state index in [1.807, 2.05) is 24.3 Å². The minimum Gasteiger partial charge on any atom is -0.321 e. The molecule has 0 bridgehead atoms. The topological polar surface area (TPSA) is 54.9 Å². The van der Waals surface area contributed by atoms with Gasteiger partial charge in [-0.15, -0.1) is 0 Å². The lowest BCUT2D eigenvalue weighted by molar-refractivity contribution is 0.102. The first-order chi connectivity index (χ1) is 12.0. The average Bonchev–Trinajstić information content (AvgIpc) is 2.63. The molecule has 0 radical (unpaired) electrons. The molecule has 1 amide bonds. The highest BCUT2D eigenvalue weighted by atomic mass is 35.5. The van der Waals surface area contributed by atoms with Gasteiger partial charge in [0.05, 0.1) is 10.7 Å². The van der Waals surface area contributed by atoms with E-state index in [4.69, 9.17) is 11.6 Å². The molecule has 0 unspecified atom stereocenters. The number of nitrogens with zero attached hydrogens (tertiary/aromatic N) is 2. The number of aromatic nitrogens is 2. The van der Waals surface area contributed by atoms with Crippen LogP contribution in [0.4, 0.5) is 5.69 Å². The van der Waals surface area contributed by atoms with Crippen LogP contribution < -0.4 is 5.32 Å². The molecule has 0 aliphatic rings. The molecule has 25 heavy (non-hydrogen) atoms. The second kappa shape index (κ2) is 7.45. The Bertz CT molecular complexity index is 874. The monoisotopic (exact) mass is 351 g/mol. The molecule has 2 aromatic heterocycles. The van der Waals surface area contributed by atoms with Gasteiger partial charge in [0.25, 0.3) is 5.91 Å². The Hall–Kier alpha value is -2.72. The van der Waals surface area contributed by atoms with Crippen LogP contribution >= 0.6 is 11.6 Å². The fourth-order valence-electron chi connectivity index (χ4n) is 2.41. The number of amides is 1. The lowest BCUT2D eigenvalue weighted by atomic mass is 10.0. The summed E-state index contributed by atoms with van der Waals surface area (Å²) in [6, 6.07) is 14.8. The fourth-order valence-corrected chi connectivity index (χ4v) is 2.64. The third kappa shape index (κ3) is 4.03. The van der Waals surface area contributed by atoms with Gasteiger partial charge in [0.15, 0.2) is 0 Å². The van der Waals surface area contributed by atoms with Crippen molar-refractivity contribution in [1.29, 1.82) is 0 Å². The van der Waals surface area contributed by atoms with E-state index in [0.29, 0.717) is 22.3 Å². The van der Waals surface area contributed by atoms with Gasteiger partial charge in [0.2, 0.25) is 0 Å². The minimum absolute atomic E-state index is 0.254. The van der Waals surface area contributed by atoms with E-state index >= 15 is 0 Å². The Labute approximate surface area is 151 Å². The predicted octanol–water partition coefficient (Wildman–Crippen LogP) is 5.17. The number of benzene rings is 1. The van der Waals surface area contributed by atoms with Crippen molar-refractivity contribution in [3.63, 3.8) is 0 Å². The van der Waals surface area contributed by atoms with Crippen LogP contribution in [-0.4, -0.2) is 15.9 Å². The highest BCUT2D eigenvalue weighted by Gasteiger charge is 2.10. The van der Waals surface area contributed by atoms with E-state index in [2.05, 4.69) is 29.1 Å². The molecule has 0 aliphatic carbocycles. The number of hydrogen-bond acceptors (Lipinski definition) is 3. The Kier molecular flexibility index (Phi) is 5.10. The van der Waals surface area contributed by atoms with Gasteiger partial charge in [-0.3, -0.25) is 14.8 Å². The number of nitrogens with one attached hydrogen (secondary N) is 1. The number of hydrogen-bond donors (Lipinski definition) is 1. The molecule has 5 heteroatoms. The van der Waals surface area contributed by atoms with Gasteiger partial charge in [-0.25, -0.2) is 0 Å². The summed E-state index contributed by atoms with van der Waals surface area (Å²) in [5.41, 5.74) is 3.72. The molecular formula is C20H18ClN3O. The van der Waals surface area contributed by atoms with E-state index in [1.54, 1.807) is 36.7 Å². The van der Waals surface area contributed by atoms with Crippen LogP contribution in [0.25, 0.3) is 11.3 Å². The number of carbonyl (C=O) groups excluding carboxylic acids is 1. The third-order valence-electron chi connectivity index (χ3n) is 3.86. The Morgan fingerprint density at radius 1 is 1.04 bits per heavy atom. The van der Waals surface area contributed by atoms with Crippen molar-refractivity contribution >= 4 is 23.2 Å². The zero-order valence-electron chi connectivity index (χ0n) is 14.0. The largest absolute Gasteiger partial charge is 0.321 e. The maximum absolute atomic E-state index is 12.3. The van der Waals surface area contributed by atoms with E-state index in [-0.39, 0.29) is 5.91 Å². The first-order valence-corrected chi connectivity index (χ1v) is 8.40. The number of rotatable bonds is 4. The summed E-state index contributed by atoms with van der Waals surface area (Å²) in [5, 5.41) is 3.40. The molecule has 0 spiro atoms. The zero-order chi connectivity index (χ0) is 17.8. The van der Waals surface area contributed by atoms with E-state index in [0.717, 1.165) is 11.3 Å². The maximum atomic E-state index is 12.3. The van der Waals surface area contributed by atoms with Crippen LogP contribution in [-0.2, 0) is 0 Å². The molecule has 126 valence electrons. The van der Waals surface area contributed by atoms with Crippen molar-refractivity contribution in [3.8, 4) is 11.3 Å². The molecule has 3 aromatic rings. The van der Waals surface area contributed by atoms with Crippen LogP contribution in [0.3, 0.4) is 0 Å². The molecule has 0 saturated carbocycles. The van der Waals surface area contributed by atoms with Crippen molar-refractivity contribution in [2.75, 3.05) is 5.32 Å². The maximum Gasteiger partial charge on any atom is 0.274 e. The van der Waals surface area contributed by atoms with Crippen LogP contribution in [0.2, 0.25) is 5.02 Å². The molecule has 0 atom stereocenters. The van der Waals surface area contributed by atoms with E-state index in [1.165, 1.54) is 5.56 Å². The van der Waals surface area contributed by atoms with Gasteiger partial charge < -0.3 is 5.32 Å². The van der Waals surface area contributed by atoms with Crippen LogP contribution in [0.1, 0.15) is 35.8 Å². The SMILES string of the molecule is CC(C)c1ccc(NC(=O)c2ccc(-c3ncccc3Cl)cn2)cc1. The van der Waals surface area contributed by atoms with Crippen LogP contribution in [0.15, 0.2) is 60.9 Å². The summed E-state index contributed by atoms with van der Waals surface area (Å²) in [4.78, 5) is 20.8. The fraction of sp³-hybridized carbons (Fsp3) is 0.150. The minimum atomic E-state index is -0.254. The van der Waals surface area contributed by atoms with Gasteiger partial charge in [-0.1, -0.05) is 37.6 Å². The lowest BCUT2D eigenvalue weighted by Crippen LogP contribution is -2.13. The summed E-state index contributed by atoms with van der Waals surface area (Å²) >= 11 is 6.13. The first kappa shape index (κ1) is 17.1. The smallest absolute Gasteiger partial charge is 0.274 e. The lowest BCUT2D eigenvalue weighted by Gasteiger charge is -2.08. The summed E-state index contributed by atoms with van der Waals surface area (Å²) in [6.07, 6.45) is 3.27. The van der Waals surface area contributed by atoms with Crippen molar-refractivity contribution in [2.45, 2.75) is 19.8 Å². The molecule has 1 N–H and O–H groups in total.